The maximum Gasteiger partial charge on any atom is 0.195 e. The van der Waals surface area contributed by atoms with Gasteiger partial charge in [0.05, 0.1) is 18.9 Å². The van der Waals surface area contributed by atoms with Gasteiger partial charge >= 0.3 is 0 Å². The van der Waals surface area contributed by atoms with Crippen LogP contribution >= 0.6 is 11.6 Å². The first-order chi connectivity index (χ1) is 15.7. The lowest BCUT2D eigenvalue weighted by molar-refractivity contribution is 0.0140. The number of hydrogen-bond acceptors (Lipinski definition) is 6. The van der Waals surface area contributed by atoms with Crippen molar-refractivity contribution in [3.05, 3.63) is 101 Å². The molecule has 3 aromatic carbocycles. The first kappa shape index (κ1) is 20.8. The van der Waals surface area contributed by atoms with Crippen LogP contribution in [0.1, 0.15) is 27.5 Å². The van der Waals surface area contributed by atoms with Gasteiger partial charge < -0.3 is 4.74 Å². The van der Waals surface area contributed by atoms with Crippen LogP contribution in [0.4, 0.5) is 5.69 Å². The van der Waals surface area contributed by atoms with Gasteiger partial charge in [-0.3, -0.25) is 9.69 Å². The van der Waals surface area contributed by atoms with Crippen molar-refractivity contribution >= 4 is 23.1 Å². The summed E-state index contributed by atoms with van der Waals surface area (Å²) >= 11 is 6.31. The number of hydrogen-bond donors (Lipinski definition) is 0. The van der Waals surface area contributed by atoms with Crippen LogP contribution in [0.2, 0.25) is 5.02 Å². The molecule has 2 atom stereocenters. The summed E-state index contributed by atoms with van der Waals surface area (Å²) in [6, 6.07) is 24.6. The Morgan fingerprint density at radius 2 is 1.62 bits per heavy atom. The molecule has 2 aliphatic heterocycles. The average Bonchev–Trinajstić information content (AvgIpc) is 3.30. The van der Waals surface area contributed by atoms with Gasteiger partial charge in [-0.15, -0.1) is 0 Å². The zero-order chi connectivity index (χ0) is 21.9. The Bertz CT molecular complexity index is 1120. The van der Waals surface area contributed by atoms with Crippen LogP contribution in [0, 0.1) is 0 Å². The molecular weight excluding hydrogens is 424 g/mol. The Hall–Kier alpha value is -3.06. The Morgan fingerprint density at radius 1 is 0.938 bits per heavy atom. The van der Waals surface area contributed by atoms with Crippen LogP contribution in [-0.4, -0.2) is 43.2 Å². The molecule has 6 nitrogen and oxygen atoms in total. The SMILES string of the molecule is O=C(c1ccccc1)c1cc(Cl)ccc1N1N=NC(c2ccccc2)C1N1CCOCC1. The summed E-state index contributed by atoms with van der Waals surface area (Å²) in [7, 11) is 0. The molecule has 0 amide bonds. The standard InChI is InChI=1S/C25H23ClN4O2/c26-20-11-12-22(21(17-20)24(31)19-9-5-2-6-10-19)30-25(29-13-15-32-16-14-29)23(27-28-30)18-7-3-1-4-8-18/h1-12,17,23,25H,13-16H2. The summed E-state index contributed by atoms with van der Waals surface area (Å²) < 4.78 is 5.58. The van der Waals surface area contributed by atoms with Crippen LogP contribution in [0.15, 0.2) is 89.2 Å². The van der Waals surface area contributed by atoms with E-state index in [0.29, 0.717) is 35.1 Å². The van der Waals surface area contributed by atoms with E-state index >= 15 is 0 Å². The van der Waals surface area contributed by atoms with Gasteiger partial charge in [0.2, 0.25) is 0 Å². The zero-order valence-electron chi connectivity index (χ0n) is 17.5. The summed E-state index contributed by atoms with van der Waals surface area (Å²) in [5.74, 6) is -0.0952. The van der Waals surface area contributed by atoms with Gasteiger partial charge in [-0.2, -0.15) is 5.11 Å². The molecule has 32 heavy (non-hydrogen) atoms. The van der Waals surface area contributed by atoms with Gasteiger partial charge in [0.25, 0.3) is 0 Å². The molecule has 0 bridgehead atoms. The molecule has 2 heterocycles. The molecule has 162 valence electrons. The van der Waals surface area contributed by atoms with Crippen molar-refractivity contribution in [3.63, 3.8) is 0 Å². The molecule has 7 heteroatoms. The minimum atomic E-state index is -0.176. The van der Waals surface area contributed by atoms with Crippen LogP contribution in [0.3, 0.4) is 0 Å². The van der Waals surface area contributed by atoms with E-state index in [9.17, 15) is 4.79 Å². The molecule has 5 rings (SSSR count). The predicted octanol–water partition coefficient (Wildman–Crippen LogP) is 5.16. The Morgan fingerprint density at radius 3 is 2.34 bits per heavy atom. The molecule has 0 N–H and O–H groups in total. The second-order valence-electron chi connectivity index (χ2n) is 7.82. The highest BCUT2D eigenvalue weighted by atomic mass is 35.5. The highest BCUT2D eigenvalue weighted by Gasteiger charge is 2.41. The number of rotatable bonds is 5. The third-order valence-electron chi connectivity index (χ3n) is 5.85. The van der Waals surface area contributed by atoms with Crippen molar-refractivity contribution in [1.82, 2.24) is 4.90 Å². The van der Waals surface area contributed by atoms with Crippen molar-refractivity contribution < 1.29 is 9.53 Å². The number of carbonyl (C=O) groups is 1. The average molecular weight is 447 g/mol. The Kier molecular flexibility index (Phi) is 5.99. The Labute approximate surface area is 192 Å². The van der Waals surface area contributed by atoms with Gasteiger partial charge in [0, 0.05) is 29.2 Å². The maximum absolute atomic E-state index is 13.4. The number of ether oxygens (including phenoxy) is 1. The van der Waals surface area contributed by atoms with Crippen LogP contribution in [0.25, 0.3) is 0 Å². The van der Waals surface area contributed by atoms with Gasteiger partial charge in [0.15, 0.2) is 5.78 Å². The highest BCUT2D eigenvalue weighted by molar-refractivity contribution is 6.31. The lowest BCUT2D eigenvalue weighted by Crippen LogP contribution is -2.51. The summed E-state index contributed by atoms with van der Waals surface area (Å²) in [4.78, 5) is 15.7. The minimum absolute atomic E-state index is 0.0952. The van der Waals surface area contributed by atoms with E-state index in [4.69, 9.17) is 16.3 Å². The molecule has 3 aromatic rings. The van der Waals surface area contributed by atoms with Crippen molar-refractivity contribution in [2.24, 2.45) is 10.3 Å². The third-order valence-corrected chi connectivity index (χ3v) is 6.09. The second-order valence-corrected chi connectivity index (χ2v) is 8.26. The Balaban J connectivity index is 1.57. The number of nitrogens with zero attached hydrogens (tertiary/aromatic N) is 4. The zero-order valence-corrected chi connectivity index (χ0v) is 18.2. The highest BCUT2D eigenvalue weighted by Crippen LogP contribution is 2.39. The predicted molar refractivity (Wildman–Crippen MR) is 124 cm³/mol. The number of benzene rings is 3. The van der Waals surface area contributed by atoms with E-state index in [-0.39, 0.29) is 18.0 Å². The van der Waals surface area contributed by atoms with Crippen molar-refractivity contribution in [2.75, 3.05) is 31.3 Å². The van der Waals surface area contributed by atoms with E-state index in [2.05, 4.69) is 27.4 Å². The molecule has 0 saturated carbocycles. The quantitative estimate of drug-likeness (QED) is 0.508. The first-order valence-corrected chi connectivity index (χ1v) is 11.1. The first-order valence-electron chi connectivity index (χ1n) is 10.7. The maximum atomic E-state index is 13.4. The molecule has 1 saturated heterocycles. The largest absolute Gasteiger partial charge is 0.379 e. The molecular formula is C25H23ClN4O2. The fraction of sp³-hybridized carbons (Fsp3) is 0.240. The molecule has 0 spiro atoms. The van der Waals surface area contributed by atoms with Crippen molar-refractivity contribution in [2.45, 2.75) is 12.2 Å². The summed E-state index contributed by atoms with van der Waals surface area (Å²) in [5, 5.41) is 11.6. The van der Waals surface area contributed by atoms with Crippen LogP contribution in [0.5, 0.6) is 0 Å². The third kappa shape index (κ3) is 4.05. The van der Waals surface area contributed by atoms with E-state index in [0.717, 1.165) is 18.7 Å². The van der Waals surface area contributed by atoms with E-state index in [1.807, 2.05) is 59.6 Å². The second kappa shape index (κ2) is 9.20. The molecule has 2 aliphatic rings. The lowest BCUT2D eigenvalue weighted by atomic mass is 9.99. The number of carbonyl (C=O) groups excluding carboxylic acids is 1. The fourth-order valence-corrected chi connectivity index (χ4v) is 4.44. The lowest BCUT2D eigenvalue weighted by Gasteiger charge is -2.38. The molecule has 0 radical (unpaired) electrons. The smallest absolute Gasteiger partial charge is 0.195 e. The summed E-state index contributed by atoms with van der Waals surface area (Å²) in [6.45, 7) is 2.85. The van der Waals surface area contributed by atoms with Crippen LogP contribution < -0.4 is 5.01 Å². The summed E-state index contributed by atoms with van der Waals surface area (Å²) in [5.41, 5.74) is 2.89. The van der Waals surface area contributed by atoms with Gasteiger partial charge in [0.1, 0.15) is 12.2 Å². The number of ketones is 1. The van der Waals surface area contributed by atoms with Gasteiger partial charge in [-0.1, -0.05) is 77.5 Å². The normalized spacial score (nSPS) is 21.1. The molecule has 2 unspecified atom stereocenters. The van der Waals surface area contributed by atoms with E-state index in [1.54, 1.807) is 12.1 Å². The number of anilines is 1. The van der Waals surface area contributed by atoms with Gasteiger partial charge in [-0.05, 0) is 23.8 Å². The number of halogens is 1. The monoisotopic (exact) mass is 446 g/mol. The summed E-state index contributed by atoms with van der Waals surface area (Å²) in [6.07, 6.45) is -0.162. The molecule has 1 fully saturated rings. The number of morpholine rings is 1. The van der Waals surface area contributed by atoms with E-state index < -0.39 is 0 Å². The topological polar surface area (TPSA) is 57.5 Å². The van der Waals surface area contributed by atoms with Crippen molar-refractivity contribution in [1.29, 1.82) is 0 Å². The molecule has 0 aliphatic carbocycles. The van der Waals surface area contributed by atoms with Gasteiger partial charge in [-0.25, -0.2) is 5.01 Å². The fourth-order valence-electron chi connectivity index (χ4n) is 4.27. The molecule has 0 aromatic heterocycles. The van der Waals surface area contributed by atoms with E-state index in [1.165, 1.54) is 0 Å². The minimum Gasteiger partial charge on any atom is -0.379 e. The van der Waals surface area contributed by atoms with Crippen molar-refractivity contribution in [3.8, 4) is 0 Å². The van der Waals surface area contributed by atoms with Crippen LogP contribution in [-0.2, 0) is 4.74 Å².